The zero-order valence-corrected chi connectivity index (χ0v) is 15.8. The average Bonchev–Trinajstić information content (AvgIpc) is 3.32. The van der Waals surface area contributed by atoms with Gasteiger partial charge in [-0.1, -0.05) is 22.0 Å². The molecule has 0 spiro atoms. The van der Waals surface area contributed by atoms with Crippen molar-refractivity contribution in [1.29, 1.82) is 0 Å². The van der Waals surface area contributed by atoms with Gasteiger partial charge in [0.1, 0.15) is 18.1 Å². The average molecular weight is 426 g/mol. The van der Waals surface area contributed by atoms with Crippen molar-refractivity contribution in [3.05, 3.63) is 65.8 Å². The molecule has 27 heavy (non-hydrogen) atoms. The lowest BCUT2D eigenvalue weighted by Gasteiger charge is -2.17. The summed E-state index contributed by atoms with van der Waals surface area (Å²) in [5, 5.41) is 2.79. The first-order valence-electron chi connectivity index (χ1n) is 8.44. The number of carbonyl (C=O) groups is 2. The smallest absolute Gasteiger partial charge is 0.239 e. The van der Waals surface area contributed by atoms with Crippen LogP contribution in [0.1, 0.15) is 6.42 Å². The second kappa shape index (κ2) is 7.32. The lowest BCUT2D eigenvalue weighted by molar-refractivity contribution is -0.129. The molecule has 1 unspecified atom stereocenters. The number of amides is 2. The van der Waals surface area contributed by atoms with Crippen LogP contribution < -0.4 is 10.2 Å². The van der Waals surface area contributed by atoms with E-state index in [-0.39, 0.29) is 11.8 Å². The van der Waals surface area contributed by atoms with E-state index in [1.807, 2.05) is 24.3 Å². The molecule has 1 saturated heterocycles. The van der Waals surface area contributed by atoms with Crippen LogP contribution in [0.15, 0.2) is 65.8 Å². The topological polar surface area (TPSA) is 80.1 Å². The fourth-order valence-electron chi connectivity index (χ4n) is 3.06. The Labute approximate surface area is 164 Å². The van der Waals surface area contributed by atoms with E-state index in [2.05, 4.69) is 31.2 Å². The monoisotopic (exact) mass is 425 g/mol. The first-order chi connectivity index (χ1) is 13.1. The minimum atomic E-state index is -0.697. The van der Waals surface area contributed by atoms with Crippen LogP contribution in [0.25, 0.3) is 5.82 Å². The van der Waals surface area contributed by atoms with Crippen molar-refractivity contribution in [2.24, 2.45) is 5.92 Å². The Kier molecular flexibility index (Phi) is 4.72. The van der Waals surface area contributed by atoms with E-state index < -0.39 is 5.92 Å². The molecule has 0 aliphatic carbocycles. The molecule has 1 aromatic carbocycles. The number of rotatable bonds is 4. The molecule has 136 valence electrons. The van der Waals surface area contributed by atoms with Gasteiger partial charge < -0.3 is 10.2 Å². The summed E-state index contributed by atoms with van der Waals surface area (Å²) in [5.41, 5.74) is 1.34. The third-order valence-electron chi connectivity index (χ3n) is 4.43. The van der Waals surface area contributed by atoms with Crippen LogP contribution in [-0.4, -0.2) is 32.9 Å². The number of aromatic nitrogens is 3. The molecular formula is C19H16BrN5O2. The van der Waals surface area contributed by atoms with Crippen molar-refractivity contribution < 1.29 is 9.59 Å². The van der Waals surface area contributed by atoms with Gasteiger partial charge in [0.15, 0.2) is 0 Å². The molecule has 1 aliphatic rings. The highest BCUT2D eigenvalue weighted by atomic mass is 79.9. The first-order valence-corrected chi connectivity index (χ1v) is 9.23. The molecule has 1 N–H and O–H groups in total. The Morgan fingerprint density at radius 1 is 1.26 bits per heavy atom. The molecule has 3 heterocycles. The molecule has 1 atom stereocenters. The molecule has 7 nitrogen and oxygen atoms in total. The van der Waals surface area contributed by atoms with Crippen LogP contribution in [0.3, 0.4) is 0 Å². The van der Waals surface area contributed by atoms with Gasteiger partial charge in [0.2, 0.25) is 11.8 Å². The van der Waals surface area contributed by atoms with Crippen LogP contribution in [0.4, 0.5) is 11.4 Å². The number of halogens is 1. The standard InChI is InChI=1S/C19H16BrN5O2/c20-13-2-1-3-15(10-13)25-8-6-16(19(25)27)18(26)23-14-4-5-17(22-11-14)24-9-7-21-12-24/h1-5,7,9-12,16H,6,8H2,(H,23,26). The summed E-state index contributed by atoms with van der Waals surface area (Å²) in [4.78, 5) is 35.2. The number of hydrogen-bond acceptors (Lipinski definition) is 4. The zero-order chi connectivity index (χ0) is 18.8. The summed E-state index contributed by atoms with van der Waals surface area (Å²) < 4.78 is 2.66. The van der Waals surface area contributed by atoms with Crippen molar-refractivity contribution in [2.75, 3.05) is 16.8 Å². The minimum absolute atomic E-state index is 0.186. The van der Waals surface area contributed by atoms with Gasteiger partial charge in [0.05, 0.1) is 11.9 Å². The van der Waals surface area contributed by atoms with Gasteiger partial charge in [-0.3, -0.25) is 14.2 Å². The number of imidazole rings is 1. The predicted molar refractivity (Wildman–Crippen MR) is 105 cm³/mol. The van der Waals surface area contributed by atoms with Gasteiger partial charge in [0.25, 0.3) is 0 Å². The maximum Gasteiger partial charge on any atom is 0.239 e. The van der Waals surface area contributed by atoms with Crippen LogP contribution in [-0.2, 0) is 9.59 Å². The molecule has 2 aromatic heterocycles. The van der Waals surface area contributed by atoms with E-state index in [0.29, 0.717) is 24.5 Å². The molecular weight excluding hydrogens is 410 g/mol. The predicted octanol–water partition coefficient (Wildman–Crippen LogP) is 3.02. The second-order valence-electron chi connectivity index (χ2n) is 6.18. The van der Waals surface area contributed by atoms with E-state index >= 15 is 0 Å². The molecule has 0 saturated carbocycles. The lowest BCUT2D eigenvalue weighted by atomic mass is 10.1. The molecule has 0 bridgehead atoms. The summed E-state index contributed by atoms with van der Waals surface area (Å²) >= 11 is 3.41. The molecule has 1 fully saturated rings. The van der Waals surface area contributed by atoms with E-state index in [1.165, 1.54) is 0 Å². The zero-order valence-electron chi connectivity index (χ0n) is 14.2. The molecule has 2 amide bonds. The number of anilines is 2. The van der Waals surface area contributed by atoms with Crippen molar-refractivity contribution in [2.45, 2.75) is 6.42 Å². The fourth-order valence-corrected chi connectivity index (χ4v) is 3.45. The highest BCUT2D eigenvalue weighted by Crippen LogP contribution is 2.28. The SMILES string of the molecule is O=C(Nc1ccc(-n2ccnc2)nc1)C1CCN(c2cccc(Br)c2)C1=O. The number of hydrogen-bond donors (Lipinski definition) is 1. The summed E-state index contributed by atoms with van der Waals surface area (Å²) in [6, 6.07) is 11.0. The van der Waals surface area contributed by atoms with Gasteiger partial charge in [-0.25, -0.2) is 9.97 Å². The Morgan fingerprint density at radius 3 is 2.85 bits per heavy atom. The normalized spacial score (nSPS) is 16.6. The first kappa shape index (κ1) is 17.4. The molecule has 1 aliphatic heterocycles. The van der Waals surface area contributed by atoms with Gasteiger partial charge in [-0.05, 0) is 36.8 Å². The fraction of sp³-hybridized carbons (Fsp3) is 0.158. The molecule has 3 aromatic rings. The number of carbonyl (C=O) groups excluding carboxylic acids is 2. The van der Waals surface area contributed by atoms with Crippen LogP contribution in [0.5, 0.6) is 0 Å². The summed E-state index contributed by atoms with van der Waals surface area (Å²) in [5.74, 6) is -0.496. The third kappa shape index (κ3) is 3.61. The molecule has 4 rings (SSSR count). The summed E-state index contributed by atoms with van der Waals surface area (Å²) in [6.07, 6.45) is 7.15. The van der Waals surface area contributed by atoms with Crippen molar-refractivity contribution in [1.82, 2.24) is 14.5 Å². The van der Waals surface area contributed by atoms with E-state index in [4.69, 9.17) is 0 Å². The molecule has 0 radical (unpaired) electrons. The van der Waals surface area contributed by atoms with Gasteiger partial charge in [-0.15, -0.1) is 0 Å². The lowest BCUT2D eigenvalue weighted by Crippen LogP contribution is -2.33. The quantitative estimate of drug-likeness (QED) is 0.651. The Hall–Kier alpha value is -3.00. The number of pyridine rings is 1. The Balaban J connectivity index is 1.43. The van der Waals surface area contributed by atoms with Crippen LogP contribution in [0.2, 0.25) is 0 Å². The Morgan fingerprint density at radius 2 is 2.15 bits per heavy atom. The minimum Gasteiger partial charge on any atom is -0.324 e. The van der Waals surface area contributed by atoms with Gasteiger partial charge >= 0.3 is 0 Å². The largest absolute Gasteiger partial charge is 0.324 e. The van der Waals surface area contributed by atoms with Crippen molar-refractivity contribution >= 4 is 39.1 Å². The van der Waals surface area contributed by atoms with Gasteiger partial charge in [0, 0.05) is 29.1 Å². The van der Waals surface area contributed by atoms with Crippen molar-refractivity contribution in [3.63, 3.8) is 0 Å². The molecule has 8 heteroatoms. The van der Waals surface area contributed by atoms with Crippen molar-refractivity contribution in [3.8, 4) is 5.82 Å². The maximum absolute atomic E-state index is 12.7. The number of nitrogens with one attached hydrogen (secondary N) is 1. The maximum atomic E-state index is 12.7. The van der Waals surface area contributed by atoms with Crippen LogP contribution >= 0.6 is 15.9 Å². The highest BCUT2D eigenvalue weighted by Gasteiger charge is 2.37. The van der Waals surface area contributed by atoms with E-state index in [1.54, 1.807) is 46.5 Å². The third-order valence-corrected chi connectivity index (χ3v) is 4.92. The van der Waals surface area contributed by atoms with E-state index in [9.17, 15) is 9.59 Å². The Bertz CT molecular complexity index is 972. The van der Waals surface area contributed by atoms with E-state index in [0.717, 1.165) is 10.2 Å². The number of nitrogens with zero attached hydrogens (tertiary/aromatic N) is 4. The summed E-state index contributed by atoms with van der Waals surface area (Å²) in [7, 11) is 0. The summed E-state index contributed by atoms with van der Waals surface area (Å²) in [6.45, 7) is 0.519. The highest BCUT2D eigenvalue weighted by molar-refractivity contribution is 9.10. The van der Waals surface area contributed by atoms with Gasteiger partial charge in [-0.2, -0.15) is 0 Å². The van der Waals surface area contributed by atoms with Crippen LogP contribution in [0, 0.1) is 5.92 Å². The number of benzene rings is 1. The second-order valence-corrected chi connectivity index (χ2v) is 7.09.